The molecular weight excluding hydrogens is 514 g/mol. The molecule has 4 heterocycles. The molecule has 0 spiro atoms. The van der Waals surface area contributed by atoms with Gasteiger partial charge in [-0.2, -0.15) is 15.2 Å². The molecule has 0 aliphatic carbocycles. The molecule has 1 aliphatic heterocycles. The van der Waals surface area contributed by atoms with Crippen LogP contribution in [0.15, 0.2) is 36.7 Å². The van der Waals surface area contributed by atoms with E-state index < -0.39 is 42.7 Å². The van der Waals surface area contributed by atoms with Gasteiger partial charge in [0.15, 0.2) is 23.2 Å². The molecule has 1 aromatic carbocycles. The third kappa shape index (κ3) is 4.97. The van der Waals surface area contributed by atoms with Crippen LogP contribution in [-0.2, 0) is 26.3 Å². The number of hydrogen-bond donors (Lipinski definition) is 5. The minimum Gasteiger partial charge on any atom is -0.479 e. The summed E-state index contributed by atoms with van der Waals surface area (Å²) in [6.07, 6.45) is -2.77. The van der Waals surface area contributed by atoms with E-state index in [2.05, 4.69) is 35.6 Å². The number of carboxylic acids is 1. The van der Waals surface area contributed by atoms with E-state index in [0.29, 0.717) is 12.8 Å². The SMILES string of the molecule is COc1nc(N)c2ncn([C@@H]3O[C@H](COC(CCCc4ccccc4)(C(=O)O)c4nn[nH]n4)[C@@H](O)[C@H]3O)c2n1. The van der Waals surface area contributed by atoms with Crippen molar-refractivity contribution >= 4 is 23.0 Å². The van der Waals surface area contributed by atoms with Crippen LogP contribution in [0.4, 0.5) is 5.82 Å². The highest BCUT2D eigenvalue weighted by atomic mass is 16.6. The molecule has 1 saturated heterocycles. The lowest BCUT2D eigenvalue weighted by Crippen LogP contribution is -2.44. The van der Waals surface area contributed by atoms with E-state index in [9.17, 15) is 20.1 Å². The molecule has 16 heteroatoms. The summed E-state index contributed by atoms with van der Waals surface area (Å²) in [6, 6.07) is 9.56. The Bertz CT molecular complexity index is 1420. The second-order valence-electron chi connectivity index (χ2n) is 8.98. The Morgan fingerprint density at radius 3 is 2.72 bits per heavy atom. The van der Waals surface area contributed by atoms with Gasteiger partial charge in [-0.3, -0.25) is 4.57 Å². The molecule has 0 radical (unpaired) electrons. The number of imidazole rings is 1. The number of carboxylic acid groups (broad SMARTS) is 1. The summed E-state index contributed by atoms with van der Waals surface area (Å²) in [5, 5.41) is 45.3. The first-order chi connectivity index (χ1) is 18.8. The number of nitrogen functional groups attached to an aromatic ring is 1. The number of hydrogen-bond acceptors (Lipinski definition) is 13. The summed E-state index contributed by atoms with van der Waals surface area (Å²) in [7, 11) is 1.37. The van der Waals surface area contributed by atoms with Crippen molar-refractivity contribution in [3.05, 3.63) is 48.0 Å². The quantitative estimate of drug-likeness (QED) is 0.162. The lowest BCUT2D eigenvalue weighted by atomic mass is 9.93. The lowest BCUT2D eigenvalue weighted by molar-refractivity contribution is -0.179. The zero-order valence-corrected chi connectivity index (χ0v) is 20.8. The Morgan fingerprint density at radius 2 is 2.03 bits per heavy atom. The van der Waals surface area contributed by atoms with Gasteiger partial charge in [0, 0.05) is 0 Å². The fourth-order valence-corrected chi connectivity index (χ4v) is 4.55. The van der Waals surface area contributed by atoms with Gasteiger partial charge >= 0.3 is 12.0 Å². The minimum atomic E-state index is -1.98. The number of aliphatic hydroxyl groups is 2. The van der Waals surface area contributed by atoms with Gasteiger partial charge in [0.2, 0.25) is 11.4 Å². The van der Waals surface area contributed by atoms with Gasteiger partial charge in [-0.1, -0.05) is 35.5 Å². The van der Waals surface area contributed by atoms with Gasteiger partial charge in [0.25, 0.3) is 0 Å². The lowest BCUT2D eigenvalue weighted by Gasteiger charge is -2.28. The predicted octanol–water partition coefficient (Wildman–Crippen LogP) is -0.431. The molecule has 0 bridgehead atoms. The number of methoxy groups -OCH3 is 1. The van der Waals surface area contributed by atoms with Crippen LogP contribution >= 0.6 is 0 Å². The first-order valence-electron chi connectivity index (χ1n) is 12.0. The molecule has 1 aliphatic rings. The van der Waals surface area contributed by atoms with E-state index in [1.165, 1.54) is 18.0 Å². The van der Waals surface area contributed by atoms with E-state index in [0.717, 1.165) is 5.56 Å². The molecular formula is C23H27N9O7. The smallest absolute Gasteiger partial charge is 0.344 e. The largest absolute Gasteiger partial charge is 0.479 e. The summed E-state index contributed by atoms with van der Waals surface area (Å²) < 4.78 is 18.3. The molecule has 16 nitrogen and oxygen atoms in total. The summed E-state index contributed by atoms with van der Waals surface area (Å²) in [4.78, 5) is 24.9. The fraction of sp³-hybridized carbons (Fsp3) is 0.435. The number of rotatable bonds is 11. The van der Waals surface area contributed by atoms with Crippen LogP contribution in [0, 0.1) is 0 Å². The summed E-state index contributed by atoms with van der Waals surface area (Å²) >= 11 is 0. The van der Waals surface area contributed by atoms with Gasteiger partial charge in [0.05, 0.1) is 20.0 Å². The number of aliphatic carboxylic acids is 1. The number of anilines is 1. The average Bonchev–Trinajstić information content (AvgIpc) is 3.68. The van der Waals surface area contributed by atoms with Crippen LogP contribution in [0.25, 0.3) is 11.2 Å². The number of aryl methyl sites for hydroxylation is 1. The molecule has 1 unspecified atom stereocenters. The van der Waals surface area contributed by atoms with Crippen LogP contribution in [0.1, 0.15) is 30.5 Å². The van der Waals surface area contributed by atoms with Crippen molar-refractivity contribution in [2.24, 2.45) is 0 Å². The maximum atomic E-state index is 12.6. The van der Waals surface area contributed by atoms with E-state index in [1.807, 2.05) is 30.3 Å². The minimum absolute atomic E-state index is 0.00765. The van der Waals surface area contributed by atoms with Gasteiger partial charge in [0.1, 0.15) is 18.3 Å². The van der Waals surface area contributed by atoms with Crippen molar-refractivity contribution in [1.29, 1.82) is 0 Å². The normalized spacial score (nSPS) is 22.6. The maximum absolute atomic E-state index is 12.6. The Hall–Kier alpha value is -4.25. The zero-order chi connectivity index (χ0) is 27.6. The monoisotopic (exact) mass is 541 g/mol. The highest BCUT2D eigenvalue weighted by Gasteiger charge is 2.49. The number of nitrogens with two attached hydrogens (primary N) is 1. The third-order valence-electron chi connectivity index (χ3n) is 6.60. The van der Waals surface area contributed by atoms with Crippen LogP contribution in [0.3, 0.4) is 0 Å². The first kappa shape index (κ1) is 26.4. The number of nitrogens with zero attached hydrogens (tertiary/aromatic N) is 7. The van der Waals surface area contributed by atoms with Gasteiger partial charge in [-0.25, -0.2) is 9.78 Å². The van der Waals surface area contributed by atoms with E-state index >= 15 is 0 Å². The molecule has 206 valence electrons. The van der Waals surface area contributed by atoms with Crippen molar-refractivity contribution in [2.45, 2.75) is 49.4 Å². The molecule has 0 amide bonds. The summed E-state index contributed by atoms with van der Waals surface area (Å²) in [5.41, 5.74) is 5.44. The van der Waals surface area contributed by atoms with Crippen LogP contribution in [-0.4, -0.2) is 93.5 Å². The first-order valence-corrected chi connectivity index (χ1v) is 12.0. The van der Waals surface area contributed by atoms with Gasteiger partial charge in [-0.05, 0) is 24.8 Å². The van der Waals surface area contributed by atoms with Crippen molar-refractivity contribution in [3.63, 3.8) is 0 Å². The molecule has 6 N–H and O–H groups in total. The number of aromatic amines is 1. The van der Waals surface area contributed by atoms with Crippen LogP contribution in [0.2, 0.25) is 0 Å². The summed E-state index contributed by atoms with van der Waals surface area (Å²) in [6.45, 7) is -0.409. The van der Waals surface area contributed by atoms with E-state index in [1.54, 1.807) is 0 Å². The number of carbonyl (C=O) groups is 1. The van der Waals surface area contributed by atoms with Crippen LogP contribution in [0.5, 0.6) is 6.01 Å². The molecule has 5 atom stereocenters. The van der Waals surface area contributed by atoms with E-state index in [4.69, 9.17) is 19.9 Å². The van der Waals surface area contributed by atoms with Crippen LogP contribution < -0.4 is 10.5 Å². The van der Waals surface area contributed by atoms with Gasteiger partial charge in [-0.15, -0.1) is 10.2 Å². The van der Waals surface area contributed by atoms with E-state index in [-0.39, 0.29) is 35.2 Å². The molecule has 1 fully saturated rings. The standard InChI is InChI=1S/C23H27N9O7/c1-37-22-26-17(24)14-18(27-22)32(11-25-14)19-16(34)15(33)13(39-19)10-38-23(21(35)36,20-28-30-31-29-20)9-5-8-12-6-3-2-4-7-12/h2-4,6-7,11,13,15-16,19,33-34H,5,8-10H2,1H3,(H,35,36)(H2,24,26,27)(H,28,29,30,31)/t13-,15-,16-,19-,23?/m1/s1. The zero-order valence-electron chi connectivity index (χ0n) is 20.8. The van der Waals surface area contributed by atoms with Crippen molar-refractivity contribution in [3.8, 4) is 6.01 Å². The highest BCUT2D eigenvalue weighted by molar-refractivity contribution is 5.82. The third-order valence-corrected chi connectivity index (χ3v) is 6.60. The fourth-order valence-electron chi connectivity index (χ4n) is 4.55. The number of benzene rings is 1. The highest BCUT2D eigenvalue weighted by Crippen LogP contribution is 2.35. The number of aromatic nitrogens is 8. The predicted molar refractivity (Wildman–Crippen MR) is 131 cm³/mol. The number of ether oxygens (including phenoxy) is 3. The number of H-pyrrole nitrogens is 1. The Kier molecular flexibility index (Phi) is 7.34. The Morgan fingerprint density at radius 1 is 1.23 bits per heavy atom. The molecule has 3 aromatic heterocycles. The number of tetrazole rings is 1. The second-order valence-corrected chi connectivity index (χ2v) is 8.98. The second kappa shape index (κ2) is 10.9. The Labute approximate surface area is 220 Å². The van der Waals surface area contributed by atoms with Gasteiger partial charge < -0.3 is 35.3 Å². The topological polar surface area (TPSA) is 230 Å². The van der Waals surface area contributed by atoms with Crippen molar-refractivity contribution in [2.75, 3.05) is 19.5 Å². The number of nitrogens with one attached hydrogen (secondary N) is 1. The maximum Gasteiger partial charge on any atom is 0.344 e. The molecule has 4 aromatic rings. The average molecular weight is 542 g/mol. The molecule has 39 heavy (non-hydrogen) atoms. The summed E-state index contributed by atoms with van der Waals surface area (Å²) in [5.74, 6) is -1.45. The Balaban J connectivity index is 1.35. The number of fused-ring (bicyclic) bond motifs is 1. The molecule has 0 saturated carbocycles. The number of aliphatic hydroxyl groups excluding tert-OH is 2. The van der Waals surface area contributed by atoms with Crippen molar-refractivity contribution in [1.82, 2.24) is 40.1 Å². The van der Waals surface area contributed by atoms with Crippen molar-refractivity contribution < 1.29 is 34.3 Å². The molecule has 5 rings (SSSR count).